The molecule has 0 fully saturated rings. The molecule has 6 nitrogen and oxygen atoms in total. The second-order valence-corrected chi connectivity index (χ2v) is 5.73. The molecular formula is C10H16N2O4S. The first-order chi connectivity index (χ1) is 7.62. The van der Waals surface area contributed by atoms with E-state index < -0.39 is 33.1 Å². The summed E-state index contributed by atoms with van der Waals surface area (Å²) >= 11 is 0. The molecule has 0 heterocycles. The van der Waals surface area contributed by atoms with Gasteiger partial charge in [-0.3, -0.25) is 9.59 Å². The lowest BCUT2D eigenvalue weighted by Gasteiger charge is -2.25. The van der Waals surface area contributed by atoms with Crippen LogP contribution < -0.4 is 10.0 Å². The Labute approximate surface area is 101 Å². The summed E-state index contributed by atoms with van der Waals surface area (Å²) < 4.78 is 24.8. The molecule has 7 heteroatoms. The predicted molar refractivity (Wildman–Crippen MR) is 64.5 cm³/mol. The van der Waals surface area contributed by atoms with E-state index in [2.05, 4.69) is 18.5 Å². The Morgan fingerprint density at radius 1 is 1.18 bits per heavy atom. The number of hydrogen-bond acceptors (Lipinski definition) is 4. The van der Waals surface area contributed by atoms with Crippen LogP contribution in [0.3, 0.4) is 0 Å². The van der Waals surface area contributed by atoms with Crippen LogP contribution in [0, 0.1) is 0 Å². The summed E-state index contributed by atoms with van der Waals surface area (Å²) in [7, 11) is -3.82. The first-order valence-electron chi connectivity index (χ1n) is 4.73. The summed E-state index contributed by atoms with van der Waals surface area (Å²) in [5, 5.41) is 2.44. The molecule has 0 aliphatic rings. The maximum atomic E-state index is 11.5. The molecule has 0 saturated heterocycles. The standard InChI is InChI=1S/C10H16N2O4S/c1-5-8(13)11-10(3,4)7-17(15,16)12-9(14)6-2/h5-6H,1-2,7H2,3-4H3,(H,11,13)(H,12,14). The van der Waals surface area contributed by atoms with E-state index in [0.717, 1.165) is 12.2 Å². The average molecular weight is 260 g/mol. The molecule has 17 heavy (non-hydrogen) atoms. The van der Waals surface area contributed by atoms with Crippen LogP contribution in [0.25, 0.3) is 0 Å². The van der Waals surface area contributed by atoms with Gasteiger partial charge in [-0.1, -0.05) is 13.2 Å². The SMILES string of the molecule is C=CC(=O)NC(C)(C)CS(=O)(=O)NC(=O)C=C. The third-order valence-electron chi connectivity index (χ3n) is 1.64. The molecule has 0 aromatic heterocycles. The molecule has 0 rings (SSSR count). The van der Waals surface area contributed by atoms with E-state index in [1.54, 1.807) is 4.72 Å². The monoisotopic (exact) mass is 260 g/mol. The fraction of sp³-hybridized carbons (Fsp3) is 0.400. The molecule has 0 spiro atoms. The van der Waals surface area contributed by atoms with Crippen LogP contribution in [0.15, 0.2) is 25.3 Å². The Kier molecular flexibility index (Phi) is 5.09. The summed E-state index contributed by atoms with van der Waals surface area (Å²) in [6, 6.07) is 0. The zero-order valence-electron chi connectivity index (χ0n) is 9.82. The van der Waals surface area contributed by atoms with Crippen molar-refractivity contribution in [3.8, 4) is 0 Å². The lowest BCUT2D eigenvalue weighted by Crippen LogP contribution is -2.50. The van der Waals surface area contributed by atoms with Gasteiger partial charge in [-0.2, -0.15) is 0 Å². The normalized spacial score (nSPS) is 11.4. The van der Waals surface area contributed by atoms with E-state index in [9.17, 15) is 18.0 Å². The largest absolute Gasteiger partial charge is 0.347 e. The van der Waals surface area contributed by atoms with Gasteiger partial charge >= 0.3 is 0 Å². The Bertz CT molecular complexity index is 437. The highest BCUT2D eigenvalue weighted by Crippen LogP contribution is 2.06. The highest BCUT2D eigenvalue weighted by molar-refractivity contribution is 7.90. The molecule has 0 radical (unpaired) electrons. The molecule has 2 amide bonds. The summed E-state index contributed by atoms with van der Waals surface area (Å²) in [6.07, 6.45) is 1.89. The summed E-state index contributed by atoms with van der Waals surface area (Å²) in [4.78, 5) is 21.9. The first kappa shape index (κ1) is 15.4. The summed E-state index contributed by atoms with van der Waals surface area (Å²) in [5.74, 6) is -1.73. The van der Waals surface area contributed by atoms with Crippen LogP contribution in [0.1, 0.15) is 13.8 Å². The second-order valence-electron chi connectivity index (χ2n) is 4.01. The minimum absolute atomic E-state index is 0.431. The molecular weight excluding hydrogens is 244 g/mol. The Morgan fingerprint density at radius 3 is 2.06 bits per heavy atom. The number of carbonyl (C=O) groups excluding carboxylic acids is 2. The van der Waals surface area contributed by atoms with Crippen LogP contribution >= 0.6 is 0 Å². The van der Waals surface area contributed by atoms with Crippen molar-refractivity contribution in [3.63, 3.8) is 0 Å². The van der Waals surface area contributed by atoms with Crippen LogP contribution in [-0.4, -0.2) is 31.5 Å². The number of rotatable bonds is 6. The van der Waals surface area contributed by atoms with Crippen LogP contribution in [0.4, 0.5) is 0 Å². The number of hydrogen-bond donors (Lipinski definition) is 2. The Morgan fingerprint density at radius 2 is 1.65 bits per heavy atom. The first-order valence-corrected chi connectivity index (χ1v) is 6.38. The van der Waals surface area contributed by atoms with E-state index >= 15 is 0 Å². The van der Waals surface area contributed by atoms with Gasteiger partial charge in [0, 0.05) is 0 Å². The Hall–Kier alpha value is -1.63. The quantitative estimate of drug-likeness (QED) is 0.641. The molecule has 96 valence electrons. The van der Waals surface area contributed by atoms with Crippen molar-refractivity contribution in [2.75, 3.05) is 5.75 Å². The van der Waals surface area contributed by atoms with Crippen LogP contribution in [0.5, 0.6) is 0 Å². The highest BCUT2D eigenvalue weighted by atomic mass is 32.2. The van der Waals surface area contributed by atoms with Crippen molar-refractivity contribution in [2.45, 2.75) is 19.4 Å². The zero-order chi connectivity index (χ0) is 13.7. The van der Waals surface area contributed by atoms with Gasteiger partial charge in [0.1, 0.15) is 0 Å². The van der Waals surface area contributed by atoms with Gasteiger partial charge in [0.05, 0.1) is 11.3 Å². The fourth-order valence-corrected chi connectivity index (χ4v) is 2.61. The molecule has 2 N–H and O–H groups in total. The third kappa shape index (κ3) is 6.52. The topological polar surface area (TPSA) is 92.3 Å². The predicted octanol–water partition coefficient (Wildman–Crippen LogP) is -0.301. The van der Waals surface area contributed by atoms with Gasteiger partial charge in [-0.05, 0) is 26.0 Å². The molecule has 0 aromatic rings. The zero-order valence-corrected chi connectivity index (χ0v) is 10.6. The van der Waals surface area contributed by atoms with E-state index in [1.165, 1.54) is 13.8 Å². The molecule has 0 aromatic carbocycles. The molecule has 0 atom stereocenters. The van der Waals surface area contributed by atoms with E-state index in [4.69, 9.17) is 0 Å². The average Bonchev–Trinajstić information content (AvgIpc) is 2.13. The molecule has 0 saturated carbocycles. The molecule has 0 aliphatic heterocycles. The molecule has 0 unspecified atom stereocenters. The molecule has 0 bridgehead atoms. The maximum absolute atomic E-state index is 11.5. The van der Waals surface area contributed by atoms with Gasteiger partial charge in [-0.25, -0.2) is 13.1 Å². The second kappa shape index (κ2) is 5.62. The van der Waals surface area contributed by atoms with Gasteiger partial charge < -0.3 is 5.32 Å². The van der Waals surface area contributed by atoms with E-state index in [-0.39, 0.29) is 0 Å². The lowest BCUT2D eigenvalue weighted by molar-refractivity contribution is -0.117. The van der Waals surface area contributed by atoms with E-state index in [0.29, 0.717) is 0 Å². The Balaban J connectivity index is 4.69. The van der Waals surface area contributed by atoms with Gasteiger partial charge in [0.15, 0.2) is 0 Å². The number of amides is 2. The van der Waals surface area contributed by atoms with Crippen molar-refractivity contribution in [3.05, 3.63) is 25.3 Å². The van der Waals surface area contributed by atoms with Crippen molar-refractivity contribution >= 4 is 21.8 Å². The van der Waals surface area contributed by atoms with Crippen molar-refractivity contribution in [1.82, 2.24) is 10.0 Å². The maximum Gasteiger partial charge on any atom is 0.256 e. The number of carbonyl (C=O) groups is 2. The minimum atomic E-state index is -3.82. The van der Waals surface area contributed by atoms with Crippen molar-refractivity contribution in [1.29, 1.82) is 0 Å². The van der Waals surface area contributed by atoms with E-state index in [1.807, 2.05) is 0 Å². The fourth-order valence-electron chi connectivity index (χ4n) is 1.13. The summed E-state index contributed by atoms with van der Waals surface area (Å²) in [6.45, 7) is 9.44. The van der Waals surface area contributed by atoms with Gasteiger partial charge in [0.2, 0.25) is 15.9 Å². The number of nitrogens with one attached hydrogen (secondary N) is 2. The van der Waals surface area contributed by atoms with Crippen molar-refractivity contribution in [2.24, 2.45) is 0 Å². The van der Waals surface area contributed by atoms with Gasteiger partial charge in [-0.15, -0.1) is 0 Å². The van der Waals surface area contributed by atoms with Crippen molar-refractivity contribution < 1.29 is 18.0 Å². The number of sulfonamides is 1. The molecule has 0 aliphatic carbocycles. The summed E-state index contributed by atoms with van der Waals surface area (Å²) in [5.41, 5.74) is -1.02. The third-order valence-corrected chi connectivity index (χ3v) is 3.25. The lowest BCUT2D eigenvalue weighted by atomic mass is 10.1. The minimum Gasteiger partial charge on any atom is -0.347 e. The van der Waals surface area contributed by atoms with Crippen LogP contribution in [0.2, 0.25) is 0 Å². The van der Waals surface area contributed by atoms with Crippen LogP contribution in [-0.2, 0) is 19.6 Å². The highest BCUT2D eigenvalue weighted by Gasteiger charge is 2.27. The van der Waals surface area contributed by atoms with Gasteiger partial charge in [0.25, 0.3) is 5.91 Å². The smallest absolute Gasteiger partial charge is 0.256 e.